The minimum absolute atomic E-state index is 0.324. The molecular formula is C11H10F3NO2. The van der Waals surface area contributed by atoms with Gasteiger partial charge in [-0.3, -0.25) is 9.63 Å². The molecule has 0 radical (unpaired) electrons. The molecule has 0 N–H and O–H groups in total. The van der Waals surface area contributed by atoms with E-state index in [0.717, 1.165) is 17.2 Å². The lowest BCUT2D eigenvalue weighted by atomic mass is 10.1. The molecule has 0 spiro atoms. The average Bonchev–Trinajstić information content (AvgIpc) is 2.80. The third-order valence-corrected chi connectivity index (χ3v) is 2.44. The number of amides is 1. The third kappa shape index (κ3) is 2.41. The zero-order valence-corrected chi connectivity index (χ0v) is 8.83. The van der Waals surface area contributed by atoms with E-state index in [2.05, 4.69) is 0 Å². The van der Waals surface area contributed by atoms with Gasteiger partial charge < -0.3 is 0 Å². The van der Waals surface area contributed by atoms with Crippen LogP contribution >= 0.6 is 0 Å². The van der Waals surface area contributed by atoms with Crippen LogP contribution in [0.15, 0.2) is 24.3 Å². The topological polar surface area (TPSA) is 29.5 Å². The standard InChI is InChI=1S/C11H10F3NO2/c12-11(13,14)9-5-2-1-4-8(9)10(16)15-6-3-7-17-15/h1-2,4-5H,3,6-7H2. The molecule has 6 heteroatoms. The normalized spacial score (nSPS) is 16.3. The van der Waals surface area contributed by atoms with E-state index >= 15 is 0 Å². The second kappa shape index (κ2) is 4.37. The van der Waals surface area contributed by atoms with E-state index in [9.17, 15) is 18.0 Å². The Morgan fingerprint density at radius 3 is 2.59 bits per heavy atom. The number of rotatable bonds is 1. The molecule has 1 aliphatic rings. The molecule has 1 saturated heterocycles. The minimum Gasteiger partial charge on any atom is -0.271 e. The maximum absolute atomic E-state index is 12.7. The summed E-state index contributed by atoms with van der Waals surface area (Å²) in [4.78, 5) is 16.8. The lowest BCUT2D eigenvalue weighted by molar-refractivity contribution is -0.138. The Labute approximate surface area is 95.7 Å². The molecule has 0 aromatic heterocycles. The van der Waals surface area contributed by atoms with Crippen LogP contribution in [-0.4, -0.2) is 24.1 Å². The number of carbonyl (C=O) groups is 1. The maximum Gasteiger partial charge on any atom is 0.417 e. The first-order chi connectivity index (χ1) is 8.00. The van der Waals surface area contributed by atoms with Crippen LogP contribution in [0.25, 0.3) is 0 Å². The summed E-state index contributed by atoms with van der Waals surface area (Å²) in [6, 6.07) is 4.71. The molecule has 17 heavy (non-hydrogen) atoms. The van der Waals surface area contributed by atoms with Gasteiger partial charge in [-0.25, -0.2) is 5.06 Å². The van der Waals surface area contributed by atoms with Gasteiger partial charge in [-0.15, -0.1) is 0 Å². The molecule has 0 saturated carbocycles. The predicted molar refractivity (Wildman–Crippen MR) is 53.0 cm³/mol. The number of hydrogen-bond donors (Lipinski definition) is 0. The molecular weight excluding hydrogens is 235 g/mol. The zero-order valence-electron chi connectivity index (χ0n) is 8.83. The van der Waals surface area contributed by atoms with Crippen molar-refractivity contribution in [1.29, 1.82) is 0 Å². The molecule has 92 valence electrons. The fraction of sp³-hybridized carbons (Fsp3) is 0.364. The monoisotopic (exact) mass is 245 g/mol. The molecule has 0 atom stereocenters. The van der Waals surface area contributed by atoms with Gasteiger partial charge in [0.1, 0.15) is 0 Å². The molecule has 0 bridgehead atoms. The van der Waals surface area contributed by atoms with Gasteiger partial charge in [0.05, 0.1) is 24.3 Å². The van der Waals surface area contributed by atoms with Crippen molar-refractivity contribution in [2.24, 2.45) is 0 Å². The summed E-state index contributed by atoms with van der Waals surface area (Å²) in [5, 5.41) is 0.977. The highest BCUT2D eigenvalue weighted by Crippen LogP contribution is 2.32. The third-order valence-electron chi connectivity index (χ3n) is 2.44. The number of carbonyl (C=O) groups excluding carboxylic acids is 1. The SMILES string of the molecule is O=C(c1ccccc1C(F)(F)F)N1CCCO1. The van der Waals surface area contributed by atoms with Gasteiger partial charge in [0, 0.05) is 0 Å². The first kappa shape index (κ1) is 11.9. The predicted octanol–water partition coefficient (Wildman–Crippen LogP) is 2.48. The summed E-state index contributed by atoms with van der Waals surface area (Å²) in [5.41, 5.74) is -1.30. The Hall–Kier alpha value is -1.56. The summed E-state index contributed by atoms with van der Waals surface area (Å²) < 4.78 is 38.1. The van der Waals surface area contributed by atoms with E-state index in [1.165, 1.54) is 12.1 Å². The average molecular weight is 245 g/mol. The Balaban J connectivity index is 2.34. The van der Waals surface area contributed by atoms with Gasteiger partial charge in [0.25, 0.3) is 5.91 Å². The highest BCUT2D eigenvalue weighted by molar-refractivity contribution is 5.95. The first-order valence-electron chi connectivity index (χ1n) is 5.11. The van der Waals surface area contributed by atoms with Crippen LogP contribution < -0.4 is 0 Å². The smallest absolute Gasteiger partial charge is 0.271 e. The van der Waals surface area contributed by atoms with Gasteiger partial charge in [0.15, 0.2) is 0 Å². The van der Waals surface area contributed by atoms with Crippen molar-refractivity contribution in [3.63, 3.8) is 0 Å². The molecule has 1 aromatic rings. The lowest BCUT2D eigenvalue weighted by Gasteiger charge is -2.17. The minimum atomic E-state index is -4.54. The highest BCUT2D eigenvalue weighted by atomic mass is 19.4. The van der Waals surface area contributed by atoms with E-state index < -0.39 is 17.6 Å². The number of hydroxylamine groups is 2. The van der Waals surface area contributed by atoms with E-state index in [1.54, 1.807) is 0 Å². The number of benzene rings is 1. The van der Waals surface area contributed by atoms with Gasteiger partial charge in [-0.2, -0.15) is 13.2 Å². The van der Waals surface area contributed by atoms with Crippen molar-refractivity contribution < 1.29 is 22.8 Å². The van der Waals surface area contributed by atoms with E-state index in [0.29, 0.717) is 19.6 Å². The van der Waals surface area contributed by atoms with Crippen LogP contribution in [0.2, 0.25) is 0 Å². The van der Waals surface area contributed by atoms with E-state index in [-0.39, 0.29) is 5.56 Å². The van der Waals surface area contributed by atoms with Crippen LogP contribution in [-0.2, 0) is 11.0 Å². The molecule has 3 nitrogen and oxygen atoms in total. The fourth-order valence-electron chi connectivity index (χ4n) is 1.66. The van der Waals surface area contributed by atoms with Crippen LogP contribution in [0.3, 0.4) is 0 Å². The highest BCUT2D eigenvalue weighted by Gasteiger charge is 2.36. The number of alkyl halides is 3. The quantitative estimate of drug-likeness (QED) is 0.760. The Bertz CT molecular complexity index is 425. The van der Waals surface area contributed by atoms with Gasteiger partial charge in [-0.05, 0) is 18.6 Å². The summed E-state index contributed by atoms with van der Waals surface area (Å²) >= 11 is 0. The van der Waals surface area contributed by atoms with Gasteiger partial charge in [-0.1, -0.05) is 12.1 Å². The molecule has 1 aromatic carbocycles. The van der Waals surface area contributed by atoms with E-state index in [4.69, 9.17) is 4.84 Å². The van der Waals surface area contributed by atoms with Crippen LogP contribution in [0, 0.1) is 0 Å². The summed E-state index contributed by atoms with van der Waals surface area (Å²) in [5.74, 6) is -0.740. The summed E-state index contributed by atoms with van der Waals surface area (Å²) in [6.07, 6.45) is -3.90. The second-order valence-corrected chi connectivity index (χ2v) is 3.64. The van der Waals surface area contributed by atoms with Crippen molar-refractivity contribution >= 4 is 5.91 Å². The van der Waals surface area contributed by atoms with Gasteiger partial charge >= 0.3 is 6.18 Å². The first-order valence-corrected chi connectivity index (χ1v) is 5.11. The molecule has 0 unspecified atom stereocenters. The van der Waals surface area contributed by atoms with Crippen molar-refractivity contribution in [3.05, 3.63) is 35.4 Å². The number of nitrogens with zero attached hydrogens (tertiary/aromatic N) is 1. The van der Waals surface area contributed by atoms with Crippen LogP contribution in [0.1, 0.15) is 22.3 Å². The van der Waals surface area contributed by atoms with Crippen molar-refractivity contribution in [2.75, 3.05) is 13.2 Å². The van der Waals surface area contributed by atoms with Crippen LogP contribution in [0.5, 0.6) is 0 Å². The number of hydrogen-bond acceptors (Lipinski definition) is 2. The molecule has 1 aliphatic heterocycles. The fourth-order valence-corrected chi connectivity index (χ4v) is 1.66. The van der Waals surface area contributed by atoms with Crippen LogP contribution in [0.4, 0.5) is 13.2 Å². The Morgan fingerprint density at radius 1 is 1.29 bits per heavy atom. The molecule has 1 amide bonds. The second-order valence-electron chi connectivity index (χ2n) is 3.64. The van der Waals surface area contributed by atoms with E-state index in [1.807, 2.05) is 0 Å². The Morgan fingerprint density at radius 2 is 2.00 bits per heavy atom. The van der Waals surface area contributed by atoms with Crippen molar-refractivity contribution in [3.8, 4) is 0 Å². The van der Waals surface area contributed by atoms with Crippen molar-refractivity contribution in [1.82, 2.24) is 5.06 Å². The largest absolute Gasteiger partial charge is 0.417 e. The molecule has 1 fully saturated rings. The molecule has 1 heterocycles. The number of halogens is 3. The Kier molecular flexibility index (Phi) is 3.06. The summed E-state index contributed by atoms with van der Waals surface area (Å²) in [6.45, 7) is 0.685. The lowest BCUT2D eigenvalue weighted by Crippen LogP contribution is -2.28. The molecule has 2 rings (SSSR count). The zero-order chi connectivity index (χ0) is 12.5. The molecule has 0 aliphatic carbocycles. The summed E-state index contributed by atoms with van der Waals surface area (Å²) in [7, 11) is 0. The van der Waals surface area contributed by atoms with Crippen molar-refractivity contribution in [2.45, 2.75) is 12.6 Å². The van der Waals surface area contributed by atoms with Gasteiger partial charge in [0.2, 0.25) is 0 Å². The maximum atomic E-state index is 12.7.